The molecule has 2 N–H and O–H groups in total. The molecule has 0 aliphatic heterocycles. The lowest BCUT2D eigenvalue weighted by atomic mass is 10.1. The summed E-state index contributed by atoms with van der Waals surface area (Å²) >= 11 is 0. The fourth-order valence-electron chi connectivity index (χ4n) is 2.08. The standard InChI is InChI=1S/C21H23N3O3/c1-4-13-27-19-8-6-5-7-17(19)14-22-24-21(26)16-9-11-18(12-10-16)23-20(25)15(2)3/h4-12,14-15H,1,13H2,2-3H3,(H,23,25)(H,24,26)/b22-14+. The Morgan fingerprint density at radius 2 is 1.85 bits per heavy atom. The summed E-state index contributed by atoms with van der Waals surface area (Å²) in [5, 5.41) is 6.75. The van der Waals surface area contributed by atoms with Gasteiger partial charge in [-0.05, 0) is 36.4 Å². The van der Waals surface area contributed by atoms with Gasteiger partial charge in [0.2, 0.25) is 5.91 Å². The molecule has 2 aromatic rings. The monoisotopic (exact) mass is 365 g/mol. The molecular formula is C21H23N3O3. The van der Waals surface area contributed by atoms with Crippen LogP contribution >= 0.6 is 0 Å². The summed E-state index contributed by atoms with van der Waals surface area (Å²) in [6.45, 7) is 7.63. The summed E-state index contributed by atoms with van der Waals surface area (Å²) < 4.78 is 5.53. The molecular weight excluding hydrogens is 342 g/mol. The first kappa shape index (κ1) is 19.9. The summed E-state index contributed by atoms with van der Waals surface area (Å²) in [7, 11) is 0. The van der Waals surface area contributed by atoms with Crippen molar-refractivity contribution in [2.75, 3.05) is 11.9 Å². The fourth-order valence-corrected chi connectivity index (χ4v) is 2.08. The maximum Gasteiger partial charge on any atom is 0.271 e. The van der Waals surface area contributed by atoms with Crippen molar-refractivity contribution in [3.05, 3.63) is 72.3 Å². The lowest BCUT2D eigenvalue weighted by Gasteiger charge is -2.08. The van der Waals surface area contributed by atoms with E-state index in [0.29, 0.717) is 23.6 Å². The van der Waals surface area contributed by atoms with E-state index in [2.05, 4.69) is 22.4 Å². The van der Waals surface area contributed by atoms with Gasteiger partial charge in [-0.25, -0.2) is 5.43 Å². The van der Waals surface area contributed by atoms with Gasteiger partial charge in [0.1, 0.15) is 12.4 Å². The fraction of sp³-hybridized carbons (Fsp3) is 0.190. The molecule has 0 aliphatic carbocycles. The lowest BCUT2D eigenvalue weighted by Crippen LogP contribution is -2.19. The quantitative estimate of drug-likeness (QED) is 0.426. The van der Waals surface area contributed by atoms with Gasteiger partial charge >= 0.3 is 0 Å². The first-order valence-electron chi connectivity index (χ1n) is 8.58. The van der Waals surface area contributed by atoms with Crippen LogP contribution in [0.5, 0.6) is 5.75 Å². The first-order valence-corrected chi connectivity index (χ1v) is 8.58. The Balaban J connectivity index is 1.97. The van der Waals surface area contributed by atoms with Crippen LogP contribution in [0.1, 0.15) is 29.8 Å². The van der Waals surface area contributed by atoms with Crippen LogP contribution in [0.2, 0.25) is 0 Å². The van der Waals surface area contributed by atoms with Crippen molar-refractivity contribution in [3.63, 3.8) is 0 Å². The summed E-state index contributed by atoms with van der Waals surface area (Å²) in [6, 6.07) is 14.0. The number of nitrogens with zero attached hydrogens (tertiary/aromatic N) is 1. The normalized spacial score (nSPS) is 10.6. The number of benzene rings is 2. The van der Waals surface area contributed by atoms with E-state index in [4.69, 9.17) is 4.74 Å². The highest BCUT2D eigenvalue weighted by Crippen LogP contribution is 2.15. The first-order chi connectivity index (χ1) is 13.0. The summed E-state index contributed by atoms with van der Waals surface area (Å²) in [5.41, 5.74) is 4.30. The largest absolute Gasteiger partial charge is 0.489 e. The van der Waals surface area contributed by atoms with E-state index in [9.17, 15) is 9.59 Å². The Labute approximate surface area is 158 Å². The average Bonchev–Trinajstić information content (AvgIpc) is 2.67. The van der Waals surface area contributed by atoms with Crippen molar-refractivity contribution in [3.8, 4) is 5.75 Å². The van der Waals surface area contributed by atoms with Gasteiger partial charge in [-0.15, -0.1) is 0 Å². The van der Waals surface area contributed by atoms with Crippen molar-refractivity contribution in [2.24, 2.45) is 11.0 Å². The molecule has 0 atom stereocenters. The molecule has 6 nitrogen and oxygen atoms in total. The van der Waals surface area contributed by atoms with E-state index in [0.717, 1.165) is 5.56 Å². The zero-order valence-electron chi connectivity index (χ0n) is 15.4. The van der Waals surface area contributed by atoms with Crippen molar-refractivity contribution in [1.29, 1.82) is 0 Å². The maximum absolute atomic E-state index is 12.2. The molecule has 140 valence electrons. The lowest BCUT2D eigenvalue weighted by molar-refractivity contribution is -0.118. The molecule has 0 saturated carbocycles. The second-order valence-corrected chi connectivity index (χ2v) is 6.06. The minimum absolute atomic E-state index is 0.0749. The molecule has 27 heavy (non-hydrogen) atoms. The van der Waals surface area contributed by atoms with Crippen molar-refractivity contribution in [1.82, 2.24) is 5.43 Å². The number of ether oxygens (including phenoxy) is 1. The predicted octanol–water partition coefficient (Wildman–Crippen LogP) is 3.61. The van der Waals surface area contributed by atoms with Gasteiger partial charge in [-0.2, -0.15) is 5.10 Å². The molecule has 0 heterocycles. The Bertz CT molecular complexity index is 827. The molecule has 0 spiro atoms. The van der Waals surface area contributed by atoms with Crippen molar-refractivity contribution in [2.45, 2.75) is 13.8 Å². The molecule has 6 heteroatoms. The van der Waals surface area contributed by atoms with Gasteiger partial charge in [0.15, 0.2) is 0 Å². The van der Waals surface area contributed by atoms with E-state index in [1.54, 1.807) is 30.3 Å². The van der Waals surface area contributed by atoms with Gasteiger partial charge in [0, 0.05) is 22.7 Å². The topological polar surface area (TPSA) is 79.8 Å². The van der Waals surface area contributed by atoms with E-state index in [1.807, 2.05) is 38.1 Å². The number of anilines is 1. The zero-order valence-corrected chi connectivity index (χ0v) is 15.4. The number of amides is 2. The third kappa shape index (κ3) is 6.11. The number of nitrogens with one attached hydrogen (secondary N) is 2. The zero-order chi connectivity index (χ0) is 19.6. The number of hydrogen-bond donors (Lipinski definition) is 2. The van der Waals surface area contributed by atoms with E-state index >= 15 is 0 Å². The summed E-state index contributed by atoms with van der Waals surface area (Å²) in [4.78, 5) is 23.9. The third-order valence-corrected chi connectivity index (χ3v) is 3.58. The highest BCUT2D eigenvalue weighted by atomic mass is 16.5. The van der Waals surface area contributed by atoms with Crippen LogP contribution < -0.4 is 15.5 Å². The van der Waals surface area contributed by atoms with Crippen LogP contribution in [-0.4, -0.2) is 24.6 Å². The minimum atomic E-state index is -0.350. The number of hydrogen-bond acceptors (Lipinski definition) is 4. The molecule has 2 amide bonds. The van der Waals surface area contributed by atoms with Gasteiger partial charge in [-0.3, -0.25) is 9.59 Å². The number of rotatable bonds is 8. The van der Waals surface area contributed by atoms with Crippen LogP contribution in [0.25, 0.3) is 0 Å². The minimum Gasteiger partial charge on any atom is -0.489 e. The van der Waals surface area contributed by atoms with Crippen LogP contribution in [0, 0.1) is 5.92 Å². The van der Waals surface area contributed by atoms with Crippen LogP contribution in [0.4, 0.5) is 5.69 Å². The SMILES string of the molecule is C=CCOc1ccccc1/C=N/NC(=O)c1ccc(NC(=O)C(C)C)cc1. The number of carbonyl (C=O) groups excluding carboxylic acids is 2. The highest BCUT2D eigenvalue weighted by Gasteiger charge is 2.08. The Morgan fingerprint density at radius 1 is 1.15 bits per heavy atom. The second kappa shape index (κ2) is 9.91. The number of hydrazone groups is 1. The number of carbonyl (C=O) groups is 2. The molecule has 0 bridgehead atoms. The smallest absolute Gasteiger partial charge is 0.271 e. The van der Waals surface area contributed by atoms with Gasteiger partial charge in [0.25, 0.3) is 5.91 Å². The van der Waals surface area contributed by atoms with Crippen molar-refractivity contribution < 1.29 is 14.3 Å². The summed E-state index contributed by atoms with van der Waals surface area (Å²) in [6.07, 6.45) is 3.18. The molecule has 0 aliphatic rings. The van der Waals surface area contributed by atoms with E-state index in [-0.39, 0.29) is 17.7 Å². The Morgan fingerprint density at radius 3 is 2.52 bits per heavy atom. The molecule has 2 aromatic carbocycles. The summed E-state index contributed by atoms with van der Waals surface area (Å²) in [5.74, 6) is 0.118. The second-order valence-electron chi connectivity index (χ2n) is 6.06. The molecule has 0 fully saturated rings. The van der Waals surface area contributed by atoms with E-state index in [1.165, 1.54) is 6.21 Å². The van der Waals surface area contributed by atoms with Gasteiger partial charge in [-0.1, -0.05) is 38.6 Å². The highest BCUT2D eigenvalue weighted by molar-refractivity contribution is 5.96. The van der Waals surface area contributed by atoms with Crippen molar-refractivity contribution >= 4 is 23.7 Å². The molecule has 0 unspecified atom stereocenters. The van der Waals surface area contributed by atoms with Crippen LogP contribution in [-0.2, 0) is 4.79 Å². The Kier molecular flexibility index (Phi) is 7.31. The molecule has 0 aromatic heterocycles. The predicted molar refractivity (Wildman–Crippen MR) is 107 cm³/mol. The third-order valence-electron chi connectivity index (χ3n) is 3.58. The van der Waals surface area contributed by atoms with Gasteiger partial charge < -0.3 is 10.1 Å². The maximum atomic E-state index is 12.2. The molecule has 0 saturated heterocycles. The number of para-hydroxylation sites is 1. The molecule has 2 rings (SSSR count). The van der Waals surface area contributed by atoms with Gasteiger partial charge in [0.05, 0.1) is 6.21 Å². The molecule has 0 radical (unpaired) electrons. The van der Waals surface area contributed by atoms with Crippen LogP contribution in [0.3, 0.4) is 0 Å². The van der Waals surface area contributed by atoms with Crippen LogP contribution in [0.15, 0.2) is 66.3 Å². The average molecular weight is 365 g/mol. The van der Waals surface area contributed by atoms with E-state index < -0.39 is 0 Å². The Hall–Kier alpha value is -3.41.